The first-order valence-electron chi connectivity index (χ1n) is 9.04. The fraction of sp³-hybridized carbons (Fsp3) is 0.526. The number of carbonyl (C=O) groups is 2. The van der Waals surface area contributed by atoms with Crippen molar-refractivity contribution in [3.05, 3.63) is 35.2 Å². The fourth-order valence-corrected chi connectivity index (χ4v) is 8.55. The lowest BCUT2D eigenvalue weighted by molar-refractivity contribution is -0.159. The average molecular weight is 418 g/mol. The van der Waals surface area contributed by atoms with Crippen molar-refractivity contribution in [3.63, 3.8) is 0 Å². The van der Waals surface area contributed by atoms with Crippen LogP contribution in [0.2, 0.25) is 0 Å². The lowest BCUT2D eigenvalue weighted by atomic mass is 9.87. The second kappa shape index (κ2) is 5.24. The average Bonchev–Trinajstić information content (AvgIpc) is 3.13. The van der Waals surface area contributed by atoms with Crippen LogP contribution in [0, 0.1) is 6.57 Å². The van der Waals surface area contributed by atoms with Gasteiger partial charge in [-0.15, -0.1) is 0 Å². The Kier molecular flexibility index (Phi) is 3.35. The van der Waals surface area contributed by atoms with Crippen LogP contribution in [0.3, 0.4) is 0 Å². The summed E-state index contributed by atoms with van der Waals surface area (Å²) in [6.45, 7) is 12.4. The molecule has 3 saturated heterocycles. The van der Waals surface area contributed by atoms with Crippen molar-refractivity contribution in [1.29, 1.82) is 0 Å². The van der Waals surface area contributed by atoms with Gasteiger partial charge >= 0.3 is 0 Å². The third kappa shape index (κ3) is 1.72. The number of carbonyl (C=O) groups excluding carboxylic acids is 2. The predicted molar refractivity (Wildman–Crippen MR) is 105 cm³/mol. The summed E-state index contributed by atoms with van der Waals surface area (Å²) in [5, 5.41) is 0. The van der Waals surface area contributed by atoms with Gasteiger partial charge in [0, 0.05) is 14.0 Å². The van der Waals surface area contributed by atoms with E-state index in [2.05, 4.69) is 4.85 Å². The van der Waals surface area contributed by atoms with Gasteiger partial charge in [0.25, 0.3) is 17.4 Å². The quantitative estimate of drug-likeness (QED) is 0.646. The number of ether oxygens (including phenoxy) is 2. The highest BCUT2D eigenvalue weighted by Crippen LogP contribution is 2.63. The number of hydrogen-bond acceptors (Lipinski definition) is 5. The highest BCUT2D eigenvalue weighted by Gasteiger charge is 2.82. The lowest BCUT2D eigenvalue weighted by Gasteiger charge is -2.39. The smallest absolute Gasteiger partial charge is 0.261 e. The first-order valence-corrected chi connectivity index (χ1v) is 11.2. The van der Waals surface area contributed by atoms with Gasteiger partial charge in [0.1, 0.15) is 19.3 Å². The van der Waals surface area contributed by atoms with Gasteiger partial charge in [0.05, 0.1) is 6.42 Å². The molecule has 1 spiro atoms. The van der Waals surface area contributed by atoms with Crippen LogP contribution >= 0.6 is 0 Å². The third-order valence-electron chi connectivity index (χ3n) is 6.53. The maximum absolute atomic E-state index is 13.5. The van der Waals surface area contributed by atoms with Crippen LogP contribution in [0.4, 0.5) is 0 Å². The number of benzene rings is 1. The summed E-state index contributed by atoms with van der Waals surface area (Å²) in [7, 11) is 0.703. The minimum Gasteiger partial charge on any atom is -0.486 e. The van der Waals surface area contributed by atoms with Crippen LogP contribution < -0.4 is 9.47 Å². The number of hydrogen-bond donors (Lipinski definition) is 0. The van der Waals surface area contributed by atoms with Crippen LogP contribution in [-0.2, 0) is 30.2 Å². The number of piperazine rings is 1. The summed E-state index contributed by atoms with van der Waals surface area (Å²) in [6, 6.07) is 4.93. The zero-order valence-electron chi connectivity index (χ0n) is 15.7. The van der Waals surface area contributed by atoms with Gasteiger partial charge in [-0.2, -0.15) is 0 Å². The monoisotopic (exact) mass is 417 g/mol. The molecule has 9 heteroatoms. The van der Waals surface area contributed by atoms with Crippen LogP contribution in [0.25, 0.3) is 4.85 Å². The molecule has 2 amide bonds. The van der Waals surface area contributed by atoms with E-state index in [0.29, 0.717) is 24.7 Å². The number of amides is 2. The van der Waals surface area contributed by atoms with Gasteiger partial charge in [-0.25, -0.2) is 6.57 Å². The Labute approximate surface area is 170 Å². The molecule has 1 aromatic rings. The molecular formula is C19H19N3O4S2. The first kappa shape index (κ1) is 17.9. The van der Waals surface area contributed by atoms with Crippen molar-refractivity contribution in [3.8, 4) is 11.5 Å². The molecule has 4 aliphatic rings. The summed E-state index contributed by atoms with van der Waals surface area (Å²) in [4.78, 5) is 31.7. The van der Waals surface area contributed by atoms with Crippen molar-refractivity contribution in [2.45, 2.75) is 41.6 Å². The van der Waals surface area contributed by atoms with Crippen molar-refractivity contribution in [1.82, 2.24) is 9.80 Å². The Balaban J connectivity index is 1.71. The molecule has 4 aliphatic heterocycles. The number of nitrogens with zero attached hydrogens (tertiary/aromatic N) is 3. The number of likely N-dealkylation sites (N-methyl/N-ethyl adjacent to an activating group) is 1. The second-order valence-electron chi connectivity index (χ2n) is 8.03. The zero-order valence-corrected chi connectivity index (χ0v) is 17.4. The molecule has 2 bridgehead atoms. The van der Waals surface area contributed by atoms with E-state index in [0.717, 1.165) is 5.56 Å². The Bertz CT molecular complexity index is 1020. The van der Waals surface area contributed by atoms with Crippen LogP contribution in [-0.4, -0.2) is 57.2 Å². The minimum atomic E-state index is -1.12. The molecule has 0 aromatic heterocycles. The van der Waals surface area contributed by atoms with Gasteiger partial charge in [0.15, 0.2) is 21.2 Å². The van der Waals surface area contributed by atoms with Crippen LogP contribution in [0.5, 0.6) is 11.5 Å². The van der Waals surface area contributed by atoms with Crippen molar-refractivity contribution in [2.75, 3.05) is 20.3 Å². The second-order valence-corrected chi connectivity index (χ2v) is 11.0. The van der Waals surface area contributed by atoms with Gasteiger partial charge in [-0.1, -0.05) is 6.07 Å². The SMILES string of the molecule is [C-]#[N+]C1(C)CC23C(=O)N(C)C(C)(C(=O)N2C1c1ccc2c(c1)OCCO2)S3=S. The normalized spacial score (nSPS) is 40.6. The molecule has 4 heterocycles. The van der Waals surface area contributed by atoms with Gasteiger partial charge in [0.2, 0.25) is 0 Å². The molecule has 7 nitrogen and oxygen atoms in total. The van der Waals surface area contributed by atoms with E-state index in [4.69, 9.17) is 27.2 Å². The van der Waals surface area contributed by atoms with E-state index >= 15 is 0 Å². The third-order valence-corrected chi connectivity index (χ3v) is 10.6. The molecule has 0 aliphatic carbocycles. The molecule has 3 fully saturated rings. The van der Waals surface area contributed by atoms with Crippen molar-refractivity contribution >= 4 is 32.5 Å². The molecule has 28 heavy (non-hydrogen) atoms. The maximum atomic E-state index is 13.5. The van der Waals surface area contributed by atoms with Crippen molar-refractivity contribution in [2.24, 2.45) is 0 Å². The topological polar surface area (TPSA) is 63.4 Å². The molecule has 5 unspecified atom stereocenters. The zero-order chi connectivity index (χ0) is 20.1. The fourth-order valence-electron chi connectivity index (χ4n) is 5.04. The summed E-state index contributed by atoms with van der Waals surface area (Å²) >= 11 is 5.79. The summed E-state index contributed by atoms with van der Waals surface area (Å²) in [6.07, 6.45) is 0.250. The Morgan fingerprint density at radius 3 is 2.57 bits per heavy atom. The van der Waals surface area contributed by atoms with Gasteiger partial charge < -0.3 is 24.1 Å². The Morgan fingerprint density at radius 2 is 1.89 bits per heavy atom. The van der Waals surface area contributed by atoms with E-state index in [1.54, 1.807) is 24.9 Å². The number of rotatable bonds is 1. The maximum Gasteiger partial charge on any atom is 0.261 e. The Morgan fingerprint density at radius 1 is 1.21 bits per heavy atom. The molecule has 5 rings (SSSR count). The Hall–Kier alpha value is -2.18. The molecule has 0 radical (unpaired) electrons. The van der Waals surface area contributed by atoms with Gasteiger partial charge in [-0.3, -0.25) is 9.59 Å². The largest absolute Gasteiger partial charge is 0.486 e. The molecule has 0 N–H and O–H groups in total. The van der Waals surface area contributed by atoms with E-state index in [1.165, 1.54) is 4.90 Å². The summed E-state index contributed by atoms with van der Waals surface area (Å²) in [5.74, 6) is 0.927. The minimum absolute atomic E-state index is 0.150. The predicted octanol–water partition coefficient (Wildman–Crippen LogP) is 1.39. The van der Waals surface area contributed by atoms with E-state index in [1.807, 2.05) is 19.1 Å². The highest BCUT2D eigenvalue weighted by atomic mass is 32.8. The van der Waals surface area contributed by atoms with E-state index < -0.39 is 30.8 Å². The van der Waals surface area contributed by atoms with E-state index in [9.17, 15) is 9.59 Å². The molecule has 5 atom stereocenters. The van der Waals surface area contributed by atoms with Crippen LogP contribution in [0.15, 0.2) is 18.2 Å². The lowest BCUT2D eigenvalue weighted by Crippen LogP contribution is -2.60. The molecular weight excluding hydrogens is 398 g/mol. The first-order chi connectivity index (χ1) is 13.2. The standard InChI is InChI=1S/C19H19N3O4S2/c1-17(20-3)10-19-16(24)21(4)18(2,28(19)27)15(23)22(19)14(17)11-5-6-12-13(9-11)26-8-7-25-12/h5-6,9,14H,7-8,10H2,1-2,4H3. The van der Waals surface area contributed by atoms with Crippen molar-refractivity contribution < 1.29 is 19.1 Å². The molecule has 0 saturated carbocycles. The van der Waals surface area contributed by atoms with E-state index in [-0.39, 0.29) is 18.2 Å². The summed E-state index contributed by atoms with van der Waals surface area (Å²) in [5.41, 5.74) is -0.183. The summed E-state index contributed by atoms with van der Waals surface area (Å²) < 4.78 is 11.3. The molecule has 146 valence electrons. The number of fused-ring (bicyclic) bond motifs is 2. The molecule has 1 aromatic carbocycles. The van der Waals surface area contributed by atoms with Crippen LogP contribution in [0.1, 0.15) is 31.9 Å². The van der Waals surface area contributed by atoms with Gasteiger partial charge in [-0.05, 0) is 45.3 Å². The highest BCUT2D eigenvalue weighted by molar-refractivity contribution is 8.31.